The molecule has 1 unspecified atom stereocenters. The molecular formula is C21H16NO7PS. The topological polar surface area (TPSA) is 108 Å². The van der Waals surface area contributed by atoms with E-state index in [0.29, 0.717) is 11.3 Å². The number of rotatable bonds is 6. The quantitative estimate of drug-likeness (QED) is 0.283. The smallest absolute Gasteiger partial charge is 0.496 e. The summed E-state index contributed by atoms with van der Waals surface area (Å²) in [5, 5.41) is 10.8. The molecule has 8 nitrogen and oxygen atoms in total. The summed E-state index contributed by atoms with van der Waals surface area (Å²) in [7, 11) is -3.07. The Morgan fingerprint density at radius 2 is 1.74 bits per heavy atom. The number of phosphoric acid groups is 1. The van der Waals surface area contributed by atoms with E-state index in [0.717, 1.165) is 15.4 Å². The number of phosphoric ester groups is 1. The van der Waals surface area contributed by atoms with Crippen molar-refractivity contribution >= 4 is 37.1 Å². The maximum Gasteiger partial charge on any atom is 0.584 e. The molecule has 1 aliphatic heterocycles. The lowest BCUT2D eigenvalue weighted by atomic mass is 10.1. The highest BCUT2D eigenvalue weighted by atomic mass is 32.2. The van der Waals surface area contributed by atoms with Gasteiger partial charge in [0.2, 0.25) is 0 Å². The van der Waals surface area contributed by atoms with Crippen LogP contribution in [0.1, 0.15) is 11.1 Å². The van der Waals surface area contributed by atoms with Gasteiger partial charge in [-0.1, -0.05) is 36.0 Å². The van der Waals surface area contributed by atoms with Gasteiger partial charge in [-0.2, -0.15) is 0 Å². The predicted molar refractivity (Wildman–Crippen MR) is 116 cm³/mol. The van der Waals surface area contributed by atoms with Gasteiger partial charge in [0.15, 0.2) is 0 Å². The van der Waals surface area contributed by atoms with Crippen LogP contribution in [-0.4, -0.2) is 16.9 Å². The molecule has 0 fully saturated rings. The molecule has 0 aliphatic carbocycles. The van der Waals surface area contributed by atoms with Crippen LogP contribution >= 0.6 is 19.6 Å². The molecule has 0 radical (unpaired) electrons. The van der Waals surface area contributed by atoms with Crippen molar-refractivity contribution in [1.82, 2.24) is 0 Å². The van der Waals surface area contributed by atoms with Gasteiger partial charge >= 0.3 is 7.82 Å². The Morgan fingerprint density at radius 1 is 1.00 bits per heavy atom. The van der Waals surface area contributed by atoms with Gasteiger partial charge < -0.3 is 13.8 Å². The number of nitro groups is 1. The van der Waals surface area contributed by atoms with Crippen LogP contribution < -0.4 is 9.26 Å². The molecule has 158 valence electrons. The zero-order valence-corrected chi connectivity index (χ0v) is 17.8. The van der Waals surface area contributed by atoms with Crippen LogP contribution in [0.4, 0.5) is 5.69 Å². The molecule has 0 spiro atoms. The number of fused-ring (bicyclic) bond motifs is 2. The predicted octanol–water partition coefficient (Wildman–Crippen LogP) is 5.76. The zero-order chi connectivity index (χ0) is 22.0. The summed E-state index contributed by atoms with van der Waals surface area (Å²) >= 11 is 1.46. The lowest BCUT2D eigenvalue weighted by Gasteiger charge is -2.18. The standard InChI is InChI=1S/C21H16NO7PS/c1-27-18-7-4-6-17-19(13-14-5-2-3-8-20(14)31-21(17)18)29-30(25,26)28-16-11-9-15(10-12-16)22(23)24/h2-13H,1H3,(H,25,26). The van der Waals surface area contributed by atoms with E-state index in [1.54, 1.807) is 31.4 Å². The second-order valence-electron chi connectivity index (χ2n) is 6.39. The first kappa shape index (κ1) is 21.0. The van der Waals surface area contributed by atoms with Crippen LogP contribution in [0.2, 0.25) is 0 Å². The number of ether oxygens (including phenoxy) is 1. The molecule has 0 amide bonds. The average molecular weight is 457 g/mol. The Hall–Kier alpha value is -3.26. The van der Waals surface area contributed by atoms with Gasteiger partial charge in [0.05, 0.1) is 16.9 Å². The van der Waals surface area contributed by atoms with Gasteiger partial charge in [-0.3, -0.25) is 15.0 Å². The summed E-state index contributed by atoms with van der Waals surface area (Å²) in [5.74, 6) is 0.697. The van der Waals surface area contributed by atoms with Crippen LogP contribution in [0.15, 0.2) is 76.5 Å². The molecule has 1 N–H and O–H groups in total. The lowest BCUT2D eigenvalue weighted by molar-refractivity contribution is -0.384. The Labute approximate surface area is 181 Å². The van der Waals surface area contributed by atoms with Crippen molar-refractivity contribution in [2.75, 3.05) is 7.11 Å². The molecule has 0 aromatic heterocycles. The van der Waals surface area contributed by atoms with Crippen molar-refractivity contribution in [2.45, 2.75) is 9.79 Å². The van der Waals surface area contributed by atoms with E-state index in [1.807, 2.05) is 24.3 Å². The molecule has 3 aromatic carbocycles. The SMILES string of the molecule is COc1cccc2c1Sc1ccccc1C=C2OP(=O)(O)Oc1ccc([N+](=O)[O-])cc1. The zero-order valence-electron chi connectivity index (χ0n) is 16.1. The van der Waals surface area contributed by atoms with Gasteiger partial charge in [0.1, 0.15) is 17.3 Å². The molecule has 0 saturated carbocycles. The Morgan fingerprint density at radius 3 is 2.45 bits per heavy atom. The summed E-state index contributed by atoms with van der Waals surface area (Å²) in [4.78, 5) is 22.3. The maximum atomic E-state index is 12.8. The van der Waals surface area contributed by atoms with Crippen LogP contribution in [0.5, 0.6) is 11.5 Å². The van der Waals surface area contributed by atoms with Crippen LogP contribution in [-0.2, 0) is 9.09 Å². The fourth-order valence-corrected chi connectivity index (χ4v) is 4.94. The Bertz CT molecular complexity index is 1230. The highest BCUT2D eigenvalue weighted by Crippen LogP contribution is 2.52. The average Bonchev–Trinajstić information content (AvgIpc) is 2.89. The van der Waals surface area contributed by atoms with E-state index < -0.39 is 12.7 Å². The number of non-ortho nitro benzene ring substituents is 1. The number of nitrogens with zero attached hydrogens (tertiary/aromatic N) is 1. The van der Waals surface area contributed by atoms with E-state index in [2.05, 4.69) is 0 Å². The van der Waals surface area contributed by atoms with E-state index in [1.165, 1.54) is 36.0 Å². The summed E-state index contributed by atoms with van der Waals surface area (Å²) in [6, 6.07) is 17.7. The molecule has 1 heterocycles. The molecule has 4 rings (SSSR count). The minimum atomic E-state index is -4.62. The second kappa shape index (κ2) is 8.47. The molecule has 0 bridgehead atoms. The van der Waals surface area contributed by atoms with Crippen molar-refractivity contribution in [3.8, 4) is 11.5 Å². The summed E-state index contributed by atoms with van der Waals surface area (Å²) in [6.45, 7) is 0. The first-order valence-electron chi connectivity index (χ1n) is 8.99. The van der Waals surface area contributed by atoms with Crippen molar-refractivity contribution in [3.63, 3.8) is 0 Å². The molecule has 3 aromatic rings. The van der Waals surface area contributed by atoms with Gasteiger partial charge in [-0.05, 0) is 42.0 Å². The molecule has 1 atom stereocenters. The number of hydrogen-bond donors (Lipinski definition) is 1. The van der Waals surface area contributed by atoms with Crippen molar-refractivity contribution in [1.29, 1.82) is 0 Å². The van der Waals surface area contributed by atoms with E-state index in [4.69, 9.17) is 13.8 Å². The highest BCUT2D eigenvalue weighted by molar-refractivity contribution is 7.99. The minimum Gasteiger partial charge on any atom is -0.496 e. The molecule has 1 aliphatic rings. The summed E-state index contributed by atoms with van der Waals surface area (Å²) < 4.78 is 28.8. The molecule has 31 heavy (non-hydrogen) atoms. The number of benzene rings is 3. The van der Waals surface area contributed by atoms with Crippen molar-refractivity contribution in [3.05, 3.63) is 88.0 Å². The minimum absolute atomic E-state index is 0.0358. The third-order valence-corrected chi connectivity index (χ3v) is 6.45. The third kappa shape index (κ3) is 4.59. The van der Waals surface area contributed by atoms with E-state index in [9.17, 15) is 19.6 Å². The van der Waals surface area contributed by atoms with Crippen LogP contribution in [0.25, 0.3) is 11.8 Å². The first-order chi connectivity index (χ1) is 14.9. The summed E-state index contributed by atoms with van der Waals surface area (Å²) in [6.07, 6.45) is 1.66. The lowest BCUT2D eigenvalue weighted by Crippen LogP contribution is -1.99. The van der Waals surface area contributed by atoms with Crippen molar-refractivity contribution < 1.29 is 28.2 Å². The number of methoxy groups -OCH3 is 1. The Kier molecular flexibility index (Phi) is 5.73. The third-order valence-electron chi connectivity index (χ3n) is 4.36. The van der Waals surface area contributed by atoms with E-state index in [-0.39, 0.29) is 17.2 Å². The fourth-order valence-electron chi connectivity index (χ4n) is 2.98. The molecular weight excluding hydrogens is 441 g/mol. The first-order valence-corrected chi connectivity index (χ1v) is 11.3. The molecule has 10 heteroatoms. The van der Waals surface area contributed by atoms with Crippen molar-refractivity contribution in [2.24, 2.45) is 0 Å². The maximum absolute atomic E-state index is 12.8. The van der Waals surface area contributed by atoms with Gasteiger partial charge in [0, 0.05) is 22.6 Å². The number of nitro benzene ring substituents is 1. The van der Waals surface area contributed by atoms with Crippen LogP contribution in [0.3, 0.4) is 0 Å². The summed E-state index contributed by atoms with van der Waals surface area (Å²) in [5.41, 5.74) is 1.21. The highest BCUT2D eigenvalue weighted by Gasteiger charge is 2.30. The van der Waals surface area contributed by atoms with Crippen LogP contribution in [0, 0.1) is 10.1 Å². The van der Waals surface area contributed by atoms with Gasteiger partial charge in [-0.15, -0.1) is 0 Å². The van der Waals surface area contributed by atoms with Gasteiger partial charge in [-0.25, -0.2) is 4.57 Å². The fraction of sp³-hybridized carbons (Fsp3) is 0.0476. The number of hydrogen-bond acceptors (Lipinski definition) is 7. The Balaban J connectivity index is 1.70. The largest absolute Gasteiger partial charge is 0.584 e. The molecule has 0 saturated heterocycles. The normalized spacial score (nSPS) is 14.2. The monoisotopic (exact) mass is 457 g/mol. The van der Waals surface area contributed by atoms with Gasteiger partial charge in [0.25, 0.3) is 5.69 Å². The van der Waals surface area contributed by atoms with E-state index >= 15 is 0 Å². The second-order valence-corrected chi connectivity index (χ2v) is 8.74.